The summed E-state index contributed by atoms with van der Waals surface area (Å²) >= 11 is 0. The van der Waals surface area contributed by atoms with Gasteiger partial charge in [0.05, 0.1) is 12.1 Å². The van der Waals surface area contributed by atoms with E-state index in [0.717, 1.165) is 12.1 Å². The van der Waals surface area contributed by atoms with E-state index in [0.29, 0.717) is 0 Å². The molecule has 0 bridgehead atoms. The first-order chi connectivity index (χ1) is 5.74. The second-order valence-electron chi connectivity index (χ2n) is 2.13. The van der Waals surface area contributed by atoms with Gasteiger partial charge in [0.25, 0.3) is 0 Å². The summed E-state index contributed by atoms with van der Waals surface area (Å²) in [6, 6.07) is 3.23. The molecule has 0 saturated carbocycles. The van der Waals surface area contributed by atoms with Crippen LogP contribution in [-0.4, -0.2) is 6.54 Å². The standard InChI is InChI=1S/C9H7F2N/c10-8-4-3-7(2-1-5-12)9(11)6-8/h3-4,6H,5,12H2. The number of benzene rings is 1. The van der Waals surface area contributed by atoms with E-state index in [1.165, 1.54) is 6.07 Å². The number of nitrogens with two attached hydrogens (primary N) is 1. The summed E-state index contributed by atoms with van der Waals surface area (Å²) in [5.41, 5.74) is 5.25. The molecule has 0 heterocycles. The zero-order valence-electron chi connectivity index (χ0n) is 6.27. The van der Waals surface area contributed by atoms with E-state index < -0.39 is 11.6 Å². The summed E-state index contributed by atoms with van der Waals surface area (Å²) in [5, 5.41) is 0. The molecule has 62 valence electrons. The van der Waals surface area contributed by atoms with E-state index in [1.807, 2.05) is 0 Å². The molecule has 0 amide bonds. The van der Waals surface area contributed by atoms with Gasteiger partial charge in [-0.2, -0.15) is 0 Å². The minimum Gasteiger partial charge on any atom is -0.320 e. The van der Waals surface area contributed by atoms with E-state index in [2.05, 4.69) is 11.8 Å². The quantitative estimate of drug-likeness (QED) is 0.578. The second-order valence-corrected chi connectivity index (χ2v) is 2.13. The predicted molar refractivity (Wildman–Crippen MR) is 42.3 cm³/mol. The summed E-state index contributed by atoms with van der Waals surface area (Å²) in [4.78, 5) is 0. The summed E-state index contributed by atoms with van der Waals surface area (Å²) in [5.74, 6) is 3.70. The van der Waals surface area contributed by atoms with Crippen molar-refractivity contribution in [1.82, 2.24) is 0 Å². The lowest BCUT2D eigenvalue weighted by Gasteiger charge is -1.92. The molecule has 1 aromatic rings. The van der Waals surface area contributed by atoms with Crippen LogP contribution in [0.2, 0.25) is 0 Å². The molecule has 3 heteroatoms. The van der Waals surface area contributed by atoms with Crippen LogP contribution in [0.15, 0.2) is 18.2 Å². The van der Waals surface area contributed by atoms with Gasteiger partial charge in [-0.1, -0.05) is 11.8 Å². The second kappa shape index (κ2) is 3.84. The minimum absolute atomic E-state index is 0.164. The van der Waals surface area contributed by atoms with Gasteiger partial charge in [0.1, 0.15) is 11.6 Å². The first kappa shape index (κ1) is 8.69. The molecule has 0 aliphatic heterocycles. The Hall–Kier alpha value is -1.40. The zero-order chi connectivity index (χ0) is 8.97. The molecule has 0 unspecified atom stereocenters. The Labute approximate surface area is 69.2 Å². The lowest BCUT2D eigenvalue weighted by atomic mass is 10.2. The Kier molecular flexibility index (Phi) is 2.78. The van der Waals surface area contributed by atoms with E-state index in [9.17, 15) is 8.78 Å². The molecule has 0 spiro atoms. The fraction of sp³-hybridized carbons (Fsp3) is 0.111. The third kappa shape index (κ3) is 2.04. The average molecular weight is 167 g/mol. The van der Waals surface area contributed by atoms with Crippen LogP contribution in [0.5, 0.6) is 0 Å². The fourth-order valence-electron chi connectivity index (χ4n) is 0.737. The van der Waals surface area contributed by atoms with Crippen molar-refractivity contribution < 1.29 is 8.78 Å². The summed E-state index contributed by atoms with van der Waals surface area (Å²) in [7, 11) is 0. The van der Waals surface area contributed by atoms with E-state index in [1.54, 1.807) is 0 Å². The SMILES string of the molecule is NCC#Cc1ccc(F)cc1F. The molecular weight excluding hydrogens is 160 g/mol. The van der Waals surface area contributed by atoms with Crippen LogP contribution in [0.3, 0.4) is 0 Å². The van der Waals surface area contributed by atoms with Gasteiger partial charge >= 0.3 is 0 Å². The molecule has 0 saturated heterocycles. The monoisotopic (exact) mass is 167 g/mol. The molecule has 1 nitrogen and oxygen atoms in total. The smallest absolute Gasteiger partial charge is 0.141 e. The van der Waals surface area contributed by atoms with Crippen LogP contribution in [-0.2, 0) is 0 Å². The van der Waals surface area contributed by atoms with Crippen molar-refractivity contribution in [3.05, 3.63) is 35.4 Å². The molecule has 0 aromatic heterocycles. The van der Waals surface area contributed by atoms with E-state index >= 15 is 0 Å². The van der Waals surface area contributed by atoms with Crippen LogP contribution in [0.1, 0.15) is 5.56 Å². The topological polar surface area (TPSA) is 26.0 Å². The van der Waals surface area contributed by atoms with Crippen molar-refractivity contribution in [1.29, 1.82) is 0 Å². The molecule has 0 fully saturated rings. The highest BCUT2D eigenvalue weighted by molar-refractivity contribution is 5.35. The van der Waals surface area contributed by atoms with Crippen molar-refractivity contribution >= 4 is 0 Å². The average Bonchev–Trinajstić information content (AvgIpc) is 2.03. The molecule has 1 aromatic carbocycles. The van der Waals surface area contributed by atoms with E-state index in [4.69, 9.17) is 5.73 Å². The molecule has 12 heavy (non-hydrogen) atoms. The molecule has 2 N–H and O–H groups in total. The lowest BCUT2D eigenvalue weighted by Crippen LogP contribution is -1.93. The van der Waals surface area contributed by atoms with Crippen molar-refractivity contribution in [3.63, 3.8) is 0 Å². The van der Waals surface area contributed by atoms with Gasteiger partial charge in [-0.15, -0.1) is 0 Å². The molecule has 0 aliphatic rings. The van der Waals surface area contributed by atoms with Crippen LogP contribution in [0, 0.1) is 23.5 Å². The van der Waals surface area contributed by atoms with Gasteiger partial charge in [0.2, 0.25) is 0 Å². The highest BCUT2D eigenvalue weighted by Gasteiger charge is 1.99. The van der Waals surface area contributed by atoms with Gasteiger partial charge < -0.3 is 5.73 Å². The van der Waals surface area contributed by atoms with Gasteiger partial charge in [-0.05, 0) is 12.1 Å². The molecule has 0 radical (unpaired) electrons. The van der Waals surface area contributed by atoms with Gasteiger partial charge in [0, 0.05) is 6.07 Å². The maximum atomic E-state index is 12.8. The molecular formula is C9H7F2N. The molecule has 1 rings (SSSR count). The third-order valence-corrected chi connectivity index (χ3v) is 1.26. The Balaban J connectivity index is 3.01. The Morgan fingerprint density at radius 1 is 1.33 bits per heavy atom. The van der Waals surface area contributed by atoms with Gasteiger partial charge in [-0.3, -0.25) is 0 Å². The Morgan fingerprint density at radius 3 is 2.67 bits per heavy atom. The van der Waals surface area contributed by atoms with Gasteiger partial charge in [0.15, 0.2) is 0 Å². The van der Waals surface area contributed by atoms with E-state index in [-0.39, 0.29) is 12.1 Å². The van der Waals surface area contributed by atoms with Crippen LogP contribution in [0.25, 0.3) is 0 Å². The van der Waals surface area contributed by atoms with Crippen molar-refractivity contribution in [3.8, 4) is 11.8 Å². The molecule has 0 aliphatic carbocycles. The van der Waals surface area contributed by atoms with Crippen LogP contribution < -0.4 is 5.73 Å². The maximum absolute atomic E-state index is 12.8. The van der Waals surface area contributed by atoms with Crippen LogP contribution >= 0.6 is 0 Å². The number of hydrogen-bond donors (Lipinski definition) is 1. The first-order valence-corrected chi connectivity index (χ1v) is 3.38. The predicted octanol–water partition coefficient (Wildman–Crippen LogP) is 1.28. The fourth-order valence-corrected chi connectivity index (χ4v) is 0.737. The summed E-state index contributed by atoms with van der Waals surface area (Å²) in [6.45, 7) is 0.164. The minimum atomic E-state index is -0.657. The third-order valence-electron chi connectivity index (χ3n) is 1.26. The Morgan fingerprint density at radius 2 is 2.08 bits per heavy atom. The van der Waals surface area contributed by atoms with Gasteiger partial charge in [-0.25, -0.2) is 8.78 Å². The lowest BCUT2D eigenvalue weighted by molar-refractivity contribution is 0.581. The summed E-state index contributed by atoms with van der Waals surface area (Å²) < 4.78 is 25.1. The highest BCUT2D eigenvalue weighted by atomic mass is 19.1. The maximum Gasteiger partial charge on any atom is 0.141 e. The van der Waals surface area contributed by atoms with Crippen molar-refractivity contribution in [2.45, 2.75) is 0 Å². The number of hydrogen-bond acceptors (Lipinski definition) is 1. The Bertz CT molecular complexity index is 336. The number of rotatable bonds is 0. The van der Waals surface area contributed by atoms with Crippen LogP contribution in [0.4, 0.5) is 8.78 Å². The first-order valence-electron chi connectivity index (χ1n) is 3.38. The molecule has 0 atom stereocenters. The normalized spacial score (nSPS) is 8.92. The van der Waals surface area contributed by atoms with Crippen molar-refractivity contribution in [2.24, 2.45) is 5.73 Å². The highest BCUT2D eigenvalue weighted by Crippen LogP contribution is 2.07. The zero-order valence-corrected chi connectivity index (χ0v) is 6.27. The van der Waals surface area contributed by atoms with Crippen molar-refractivity contribution in [2.75, 3.05) is 6.54 Å². The largest absolute Gasteiger partial charge is 0.320 e. The number of halogens is 2. The summed E-state index contributed by atoms with van der Waals surface area (Å²) in [6.07, 6.45) is 0.